The molecule has 1 aliphatic carbocycles. The molecule has 0 amide bonds. The lowest BCUT2D eigenvalue weighted by Crippen LogP contribution is -2.40. The highest BCUT2D eigenvalue weighted by Crippen LogP contribution is 2.41. The standard InChI is InChI=1S/C31H32N4O4/c36-21-22-12-13-29-28(16-22)32-33-35(29)15-7-14-34-19-23-17-27(18-24(23)20-34)39-30(37)31(38,25-8-3-1-4-9-25)26-10-5-2-6-11-26/h1-6,8-13,16,21,23-24,27,38H,7,14-15,17-20H2/t23-,24+,27-. The molecule has 0 bridgehead atoms. The Morgan fingerprint density at radius 1 is 0.949 bits per heavy atom. The molecule has 8 heteroatoms. The van der Waals surface area contributed by atoms with Crippen molar-refractivity contribution in [2.24, 2.45) is 11.8 Å². The minimum atomic E-state index is -1.84. The van der Waals surface area contributed by atoms with E-state index in [9.17, 15) is 14.7 Å². The quantitative estimate of drug-likeness (QED) is 0.263. The molecule has 1 saturated carbocycles. The monoisotopic (exact) mass is 524 g/mol. The van der Waals surface area contributed by atoms with Gasteiger partial charge in [-0.2, -0.15) is 0 Å². The molecule has 39 heavy (non-hydrogen) atoms. The first kappa shape index (κ1) is 25.4. The fraction of sp³-hybridized carbons (Fsp3) is 0.355. The second-order valence-corrected chi connectivity index (χ2v) is 10.8. The molecule has 0 unspecified atom stereocenters. The average molecular weight is 525 g/mol. The molecule has 3 atom stereocenters. The number of hydrogen-bond acceptors (Lipinski definition) is 7. The second kappa shape index (κ2) is 10.7. The van der Waals surface area contributed by atoms with Gasteiger partial charge in [-0.15, -0.1) is 5.10 Å². The van der Waals surface area contributed by atoms with Gasteiger partial charge in [0.25, 0.3) is 0 Å². The smallest absolute Gasteiger partial charge is 0.347 e. The number of aryl methyl sites for hydroxylation is 1. The summed E-state index contributed by atoms with van der Waals surface area (Å²) in [5.41, 5.74) is 1.46. The molecule has 1 aliphatic heterocycles. The van der Waals surface area contributed by atoms with Gasteiger partial charge in [0.15, 0.2) is 0 Å². The number of benzene rings is 3. The number of carbonyl (C=O) groups is 2. The Labute approximate surface area is 227 Å². The van der Waals surface area contributed by atoms with Gasteiger partial charge in [0.05, 0.1) is 5.52 Å². The van der Waals surface area contributed by atoms with Gasteiger partial charge in [-0.05, 0) is 67.0 Å². The number of esters is 1. The Bertz CT molecular complexity index is 1400. The lowest BCUT2D eigenvalue weighted by molar-refractivity contribution is -0.168. The molecule has 1 saturated heterocycles. The summed E-state index contributed by atoms with van der Waals surface area (Å²) in [5, 5.41) is 20.1. The van der Waals surface area contributed by atoms with Crippen LogP contribution in [-0.4, -0.2) is 63.0 Å². The summed E-state index contributed by atoms with van der Waals surface area (Å²) in [6.45, 7) is 3.70. The van der Waals surface area contributed by atoms with Crippen molar-refractivity contribution in [3.63, 3.8) is 0 Å². The average Bonchev–Trinajstić information content (AvgIpc) is 3.66. The van der Waals surface area contributed by atoms with Gasteiger partial charge in [0.1, 0.15) is 17.9 Å². The van der Waals surface area contributed by atoms with Crippen LogP contribution in [0, 0.1) is 11.8 Å². The molecule has 200 valence electrons. The first-order chi connectivity index (χ1) is 19.0. The van der Waals surface area contributed by atoms with Gasteiger partial charge in [0, 0.05) is 25.2 Å². The van der Waals surface area contributed by atoms with Crippen LogP contribution < -0.4 is 0 Å². The van der Waals surface area contributed by atoms with E-state index in [-0.39, 0.29) is 6.10 Å². The Morgan fingerprint density at radius 3 is 2.21 bits per heavy atom. The van der Waals surface area contributed by atoms with Crippen molar-refractivity contribution in [3.05, 3.63) is 95.6 Å². The van der Waals surface area contributed by atoms with Crippen molar-refractivity contribution < 1.29 is 19.4 Å². The summed E-state index contributed by atoms with van der Waals surface area (Å²) in [4.78, 5) is 27.0. The predicted octanol–water partition coefficient (Wildman–Crippen LogP) is 3.82. The van der Waals surface area contributed by atoms with Crippen LogP contribution in [0.25, 0.3) is 11.0 Å². The Kier molecular flexibility index (Phi) is 6.97. The molecule has 2 fully saturated rings. The molecule has 1 aromatic heterocycles. The van der Waals surface area contributed by atoms with Gasteiger partial charge in [-0.1, -0.05) is 65.9 Å². The lowest BCUT2D eigenvalue weighted by atomic mass is 9.86. The van der Waals surface area contributed by atoms with Crippen LogP contribution >= 0.6 is 0 Å². The summed E-state index contributed by atoms with van der Waals surface area (Å²) >= 11 is 0. The summed E-state index contributed by atoms with van der Waals surface area (Å²) in [6, 6.07) is 23.5. The van der Waals surface area contributed by atoms with E-state index in [2.05, 4.69) is 15.2 Å². The predicted molar refractivity (Wildman–Crippen MR) is 146 cm³/mol. The Hall–Kier alpha value is -3.88. The molecule has 2 heterocycles. The molecule has 0 radical (unpaired) electrons. The summed E-state index contributed by atoms with van der Waals surface area (Å²) in [5.74, 6) is 0.360. The number of aldehydes is 1. The first-order valence-corrected chi connectivity index (χ1v) is 13.6. The number of likely N-dealkylation sites (tertiary alicyclic amines) is 1. The highest BCUT2D eigenvalue weighted by atomic mass is 16.6. The molecular formula is C31H32N4O4. The van der Waals surface area contributed by atoms with Crippen LogP contribution in [0.3, 0.4) is 0 Å². The summed E-state index contributed by atoms with van der Waals surface area (Å²) in [6.07, 6.45) is 3.22. The molecule has 2 aliphatic rings. The van der Waals surface area contributed by atoms with Crippen LogP contribution in [0.1, 0.15) is 40.7 Å². The van der Waals surface area contributed by atoms with Gasteiger partial charge in [0.2, 0.25) is 5.60 Å². The van der Waals surface area contributed by atoms with E-state index in [1.54, 1.807) is 36.4 Å². The fourth-order valence-corrected chi connectivity index (χ4v) is 6.29. The maximum absolute atomic E-state index is 13.5. The fourth-order valence-electron chi connectivity index (χ4n) is 6.29. The third-order valence-electron chi connectivity index (χ3n) is 8.25. The van der Waals surface area contributed by atoms with Gasteiger partial charge in [-0.3, -0.25) is 4.79 Å². The highest BCUT2D eigenvalue weighted by Gasteiger charge is 2.46. The minimum Gasteiger partial charge on any atom is -0.460 e. The Morgan fingerprint density at radius 2 is 1.59 bits per heavy atom. The van der Waals surface area contributed by atoms with Crippen LogP contribution in [-0.2, 0) is 21.7 Å². The molecule has 3 aromatic carbocycles. The van der Waals surface area contributed by atoms with Gasteiger partial charge < -0.3 is 14.7 Å². The zero-order valence-corrected chi connectivity index (χ0v) is 21.7. The van der Waals surface area contributed by atoms with Crippen LogP contribution in [0.4, 0.5) is 0 Å². The van der Waals surface area contributed by atoms with Crippen LogP contribution in [0.15, 0.2) is 78.9 Å². The van der Waals surface area contributed by atoms with E-state index in [1.807, 2.05) is 47.1 Å². The van der Waals surface area contributed by atoms with Crippen molar-refractivity contribution in [2.45, 2.75) is 37.5 Å². The van der Waals surface area contributed by atoms with Gasteiger partial charge >= 0.3 is 5.97 Å². The van der Waals surface area contributed by atoms with Crippen LogP contribution in [0.2, 0.25) is 0 Å². The zero-order valence-electron chi connectivity index (χ0n) is 21.7. The van der Waals surface area contributed by atoms with E-state index in [0.717, 1.165) is 62.8 Å². The number of nitrogens with zero attached hydrogens (tertiary/aromatic N) is 4. The first-order valence-electron chi connectivity index (χ1n) is 13.6. The maximum atomic E-state index is 13.5. The van der Waals surface area contributed by atoms with Crippen LogP contribution in [0.5, 0.6) is 0 Å². The second-order valence-electron chi connectivity index (χ2n) is 10.8. The number of ether oxygens (including phenoxy) is 1. The molecule has 8 nitrogen and oxygen atoms in total. The molecular weight excluding hydrogens is 492 g/mol. The van der Waals surface area contributed by atoms with E-state index in [1.165, 1.54) is 0 Å². The molecule has 1 N–H and O–H groups in total. The summed E-state index contributed by atoms with van der Waals surface area (Å²) < 4.78 is 7.90. The van der Waals surface area contributed by atoms with E-state index in [0.29, 0.717) is 28.5 Å². The zero-order chi connectivity index (χ0) is 26.8. The number of aliphatic hydroxyl groups is 1. The van der Waals surface area contributed by atoms with E-state index < -0.39 is 11.6 Å². The third kappa shape index (κ3) is 4.97. The lowest BCUT2D eigenvalue weighted by Gasteiger charge is -2.29. The number of aromatic nitrogens is 3. The van der Waals surface area contributed by atoms with Gasteiger partial charge in [-0.25, -0.2) is 9.48 Å². The third-order valence-corrected chi connectivity index (χ3v) is 8.25. The summed E-state index contributed by atoms with van der Waals surface area (Å²) in [7, 11) is 0. The largest absolute Gasteiger partial charge is 0.460 e. The SMILES string of the molecule is O=Cc1ccc2c(c1)nnn2CCCN1C[C@H]2C[C@@H](OC(=O)C(O)(c3ccccc3)c3ccccc3)C[C@H]2C1. The normalized spacial score (nSPS) is 21.2. The molecule has 6 rings (SSSR count). The van der Waals surface area contributed by atoms with E-state index in [4.69, 9.17) is 4.74 Å². The number of fused-ring (bicyclic) bond motifs is 2. The van der Waals surface area contributed by atoms with E-state index >= 15 is 0 Å². The van der Waals surface area contributed by atoms with Crippen molar-refractivity contribution in [1.82, 2.24) is 19.9 Å². The maximum Gasteiger partial charge on any atom is 0.347 e. The Balaban J connectivity index is 1.03. The molecule has 0 spiro atoms. The number of rotatable bonds is 9. The van der Waals surface area contributed by atoms with Crippen molar-refractivity contribution in [2.75, 3.05) is 19.6 Å². The van der Waals surface area contributed by atoms with Crippen molar-refractivity contribution in [3.8, 4) is 0 Å². The number of hydrogen-bond donors (Lipinski definition) is 1. The van der Waals surface area contributed by atoms with Crippen molar-refractivity contribution >= 4 is 23.3 Å². The number of carbonyl (C=O) groups excluding carboxylic acids is 2. The minimum absolute atomic E-state index is 0.189. The highest BCUT2D eigenvalue weighted by molar-refractivity contribution is 5.86. The molecule has 4 aromatic rings. The van der Waals surface area contributed by atoms with Crippen molar-refractivity contribution in [1.29, 1.82) is 0 Å². The topological polar surface area (TPSA) is 97.5 Å².